The van der Waals surface area contributed by atoms with Gasteiger partial charge >= 0.3 is 37.9 Å². The summed E-state index contributed by atoms with van der Waals surface area (Å²) in [5.41, 5.74) is 5.35. The van der Waals surface area contributed by atoms with Gasteiger partial charge in [0.2, 0.25) is 9.20 Å². The third-order valence-corrected chi connectivity index (χ3v) is 28.3. The summed E-state index contributed by atoms with van der Waals surface area (Å²) < 4.78 is 30.3. The lowest BCUT2D eigenvalue weighted by atomic mass is 11.8. The van der Waals surface area contributed by atoms with Crippen LogP contribution in [0.15, 0.2) is 0 Å². The fraction of sp³-hybridized carbons (Fsp3) is 0.333. The summed E-state index contributed by atoms with van der Waals surface area (Å²) in [5, 5.41) is 0. The molecule has 0 aliphatic carbocycles. The average Bonchev–Trinajstić information content (AvgIpc) is 2.33. The molecule has 1 aliphatic heterocycles. The summed E-state index contributed by atoms with van der Waals surface area (Å²) in [6.07, 6.45) is -3.42. The van der Waals surface area contributed by atoms with E-state index in [1.54, 1.807) is 0 Å². The Labute approximate surface area is 188 Å². The van der Waals surface area contributed by atoms with E-state index in [0.29, 0.717) is 11.5 Å². The Kier molecular flexibility index (Phi) is 9.88. The summed E-state index contributed by atoms with van der Waals surface area (Å²) in [6, 6.07) is 5.45. The molecule has 0 amide bonds. The Morgan fingerprint density at radius 3 is 2.04 bits per heavy atom. The Hall–Kier alpha value is 2.63. The number of hydrogen-bond acceptors (Lipinski definition) is 8. The number of halogens is 7. The van der Waals surface area contributed by atoms with Crippen LogP contribution >= 0.6 is 89.0 Å². The maximum absolute atomic E-state index is 6.41. The van der Waals surface area contributed by atoms with Crippen LogP contribution in [-0.2, 0) is 12.4 Å². The van der Waals surface area contributed by atoms with Crippen LogP contribution in [-0.4, -0.2) is 54.2 Å². The second-order valence-electron chi connectivity index (χ2n) is 4.17. The van der Waals surface area contributed by atoms with Gasteiger partial charge in [0.1, 0.15) is 0 Å². The van der Waals surface area contributed by atoms with E-state index in [9.17, 15) is 0 Å². The van der Waals surface area contributed by atoms with Gasteiger partial charge in [-0.05, 0) is 0 Å². The summed E-state index contributed by atoms with van der Waals surface area (Å²) >= 11 is 43.0. The minimum atomic E-state index is -3.62. The van der Waals surface area contributed by atoms with Gasteiger partial charge in [0.05, 0.1) is 0 Å². The zero-order valence-corrected chi connectivity index (χ0v) is 24.0. The van der Waals surface area contributed by atoms with Crippen LogP contribution in [0.4, 0.5) is 0 Å². The molecule has 1 fully saturated rings. The number of hydrogen-bond donors (Lipinski definition) is 5. The molecule has 1 aliphatic rings. The van der Waals surface area contributed by atoms with E-state index in [1.807, 2.05) is 0 Å². The molecule has 1 unspecified atom stereocenters. The quantitative estimate of drug-likeness (QED) is 0.149. The fourth-order valence-electron chi connectivity index (χ4n) is 1.59. The smallest absolute Gasteiger partial charge is 0.524 e. The highest BCUT2D eigenvalue weighted by Crippen LogP contribution is 2.25. The topological polar surface area (TPSA) is 87.8 Å². The summed E-state index contributed by atoms with van der Waals surface area (Å²) in [6.45, 7) is 0. The fourth-order valence-corrected chi connectivity index (χ4v) is 31.5. The van der Waals surface area contributed by atoms with Crippen LogP contribution in [0.3, 0.4) is 0 Å². The van der Waals surface area contributed by atoms with E-state index in [2.05, 4.69) is 23.2 Å². The Bertz CT molecular complexity index is 578. The van der Waals surface area contributed by atoms with Crippen molar-refractivity contribution < 1.29 is 12.4 Å². The third kappa shape index (κ3) is 8.49. The molecule has 0 aromatic heterocycles. The molecule has 144 valence electrons. The maximum atomic E-state index is 6.41. The Balaban J connectivity index is 2.98. The third-order valence-electron chi connectivity index (χ3n) is 2.29. The van der Waals surface area contributed by atoms with E-state index < -0.39 is 37.9 Å². The lowest BCUT2D eigenvalue weighted by Crippen LogP contribution is -2.98. The largest absolute Gasteiger partial charge is 0.524 e. The molecule has 22 heteroatoms. The normalized spacial score (nSPS) is 21.5. The highest BCUT2D eigenvalue weighted by atomic mass is 35.8. The molecular formula is C3H10Cl7N5O3SSi6. The van der Waals surface area contributed by atoms with E-state index in [0.717, 1.165) is 0 Å². The zero-order valence-electron chi connectivity index (χ0n) is 11.9. The van der Waals surface area contributed by atoms with Crippen molar-refractivity contribution in [1.29, 1.82) is 0 Å². The minimum Gasteiger partial charge on any atom is -0.524 e. The first kappa shape index (κ1) is 25.7. The van der Waals surface area contributed by atoms with Gasteiger partial charge < -0.3 is 8.54 Å². The van der Waals surface area contributed by atoms with Crippen LogP contribution in [0.2, 0.25) is 0 Å². The molecule has 8 nitrogen and oxygen atoms in total. The highest BCUT2D eigenvalue weighted by molar-refractivity contribution is 7.84. The van der Waals surface area contributed by atoms with Gasteiger partial charge in [-0.2, -0.15) is 0 Å². The van der Waals surface area contributed by atoms with Crippen LogP contribution in [0.5, 0.6) is 0 Å². The first-order valence-corrected chi connectivity index (χ1v) is 24.3. The molecule has 5 N–H and O–H groups in total. The first-order chi connectivity index (χ1) is 11.2. The molecule has 0 saturated carbocycles. The van der Waals surface area contributed by atoms with E-state index in [-0.39, 0.29) is 9.20 Å². The van der Waals surface area contributed by atoms with Gasteiger partial charge in [-0.25, -0.2) is 0 Å². The molecule has 0 bridgehead atoms. The van der Waals surface area contributed by atoms with Gasteiger partial charge in [0.15, 0.2) is 0 Å². The SMILES string of the molecule is C#[Si]O[Si]1(N[Si](Cl)(Cl)N[Si](N[Si](Cl)(Cl)Cl)(OC)OS#C)N[Si](Cl)(Cl)N1. The maximum Gasteiger partial charge on any atom is 0.524 e. The van der Waals surface area contributed by atoms with Crippen molar-refractivity contribution >= 4 is 136 Å². The van der Waals surface area contributed by atoms with Crippen LogP contribution in [0.1, 0.15) is 0 Å². The number of rotatable bonds is 9. The van der Waals surface area contributed by atoms with Crippen molar-refractivity contribution in [2.75, 3.05) is 7.11 Å². The average molecular weight is 613 g/mol. The molecule has 0 aromatic carbocycles. The molecule has 1 rings (SSSR count). The van der Waals surface area contributed by atoms with Crippen molar-refractivity contribution in [3.8, 4) is 11.7 Å². The van der Waals surface area contributed by atoms with Gasteiger partial charge in [-0.3, -0.25) is 27.1 Å². The predicted molar refractivity (Wildman–Crippen MR) is 118 cm³/mol. The molecule has 0 spiro atoms. The molecule has 1 saturated heterocycles. The second-order valence-corrected chi connectivity index (χ2v) is 32.2. The summed E-state index contributed by atoms with van der Waals surface area (Å²) in [4.78, 5) is 0. The van der Waals surface area contributed by atoms with Crippen LogP contribution < -0.4 is 23.2 Å². The minimum absolute atomic E-state index is 0.382. The molecule has 1 heterocycles. The monoisotopic (exact) mass is 609 g/mol. The van der Waals surface area contributed by atoms with Gasteiger partial charge in [0.25, 0.3) is 0 Å². The van der Waals surface area contributed by atoms with Crippen LogP contribution in [0.25, 0.3) is 0 Å². The predicted octanol–water partition coefficient (Wildman–Crippen LogP) is 0.923. The first-order valence-electron chi connectivity index (χ1n) is 5.74. The molecule has 25 heavy (non-hydrogen) atoms. The zero-order chi connectivity index (χ0) is 19.6. The number of nitrogens with one attached hydrogen (secondary N) is 5. The van der Waals surface area contributed by atoms with Gasteiger partial charge in [0, 0.05) is 18.6 Å². The lowest BCUT2D eigenvalue weighted by molar-refractivity contribution is 0.305. The molecule has 0 radical (unpaired) electrons. The molecular weight excluding hydrogens is 603 g/mol. The summed E-state index contributed by atoms with van der Waals surface area (Å²) in [5.74, 6) is 0. The van der Waals surface area contributed by atoms with Crippen molar-refractivity contribution in [2.24, 2.45) is 0 Å². The standard InChI is InChI=1S/C3H10Cl7N5O3SSi6/c1-16-25(17-19-2,11-21(4,5)6)15-23(9,10)14-24(18-20-3)12-22(7,8)13-24/h2-3,11-15H,1H3. The van der Waals surface area contributed by atoms with Crippen molar-refractivity contribution in [2.45, 2.75) is 0 Å². The highest BCUT2D eigenvalue weighted by Gasteiger charge is 2.66. The summed E-state index contributed by atoms with van der Waals surface area (Å²) in [7, 11) is -12.2. The van der Waals surface area contributed by atoms with E-state index in [4.69, 9.17) is 102 Å². The van der Waals surface area contributed by atoms with E-state index in [1.165, 1.54) is 7.11 Å². The lowest BCUT2D eigenvalue weighted by Gasteiger charge is -2.47. The molecule has 1 atom stereocenters. The second kappa shape index (κ2) is 9.63. The van der Waals surface area contributed by atoms with E-state index >= 15 is 0 Å². The van der Waals surface area contributed by atoms with Crippen molar-refractivity contribution in [1.82, 2.24) is 23.2 Å². The van der Waals surface area contributed by atoms with Gasteiger partial charge in [-0.15, -0.1) is 83.6 Å². The van der Waals surface area contributed by atoms with Gasteiger partial charge in [-0.1, -0.05) is 5.69 Å². The van der Waals surface area contributed by atoms with Crippen molar-refractivity contribution in [3.05, 3.63) is 0 Å². The Morgan fingerprint density at radius 1 is 1.12 bits per heavy atom. The Morgan fingerprint density at radius 2 is 1.68 bits per heavy atom. The van der Waals surface area contributed by atoms with Crippen LogP contribution in [0, 0.1) is 11.7 Å². The van der Waals surface area contributed by atoms with Crippen molar-refractivity contribution in [3.63, 3.8) is 0 Å². The molecule has 0 aromatic rings.